The average molecular weight is 378 g/mol. The lowest BCUT2D eigenvalue weighted by atomic mass is 10.0. The first-order valence-corrected chi connectivity index (χ1v) is 7.53. The van der Waals surface area contributed by atoms with Crippen molar-refractivity contribution in [1.82, 2.24) is 0 Å². The van der Waals surface area contributed by atoms with E-state index in [0.717, 1.165) is 6.42 Å². The second-order valence-corrected chi connectivity index (χ2v) is 6.07. The van der Waals surface area contributed by atoms with Crippen molar-refractivity contribution in [3.63, 3.8) is 0 Å². The highest BCUT2D eigenvalue weighted by atomic mass is 127. The minimum Gasteiger partial charge on any atom is -0.379 e. The smallest absolute Gasteiger partial charge is 0.293 e. The van der Waals surface area contributed by atoms with Crippen LogP contribution < -0.4 is 5.32 Å². The van der Waals surface area contributed by atoms with Gasteiger partial charge in [-0.2, -0.15) is 0 Å². The maximum Gasteiger partial charge on any atom is 0.293 e. The molecule has 1 N–H and O–H groups in total. The van der Waals surface area contributed by atoms with Gasteiger partial charge in [0.1, 0.15) is 11.5 Å². The number of nitrogens with zero attached hydrogens (tertiary/aromatic N) is 1. The molecule has 0 aliphatic heterocycles. The van der Waals surface area contributed by atoms with Gasteiger partial charge in [-0.15, -0.1) is 0 Å². The molecule has 1 fully saturated rings. The number of nitrogens with one attached hydrogen (secondary N) is 1. The summed E-state index contributed by atoms with van der Waals surface area (Å²) in [7, 11) is 0. The van der Waals surface area contributed by atoms with Crippen LogP contribution in [-0.4, -0.2) is 11.5 Å². The fourth-order valence-electron chi connectivity index (χ4n) is 2.54. The lowest BCUT2D eigenvalue weighted by molar-refractivity contribution is -0.384. The highest BCUT2D eigenvalue weighted by Gasteiger charge is 2.18. The summed E-state index contributed by atoms with van der Waals surface area (Å²) < 4.78 is 13.7. The highest BCUT2D eigenvalue weighted by Crippen LogP contribution is 2.30. The van der Waals surface area contributed by atoms with E-state index in [1.54, 1.807) is 22.6 Å². The molecule has 0 aromatic heterocycles. The Bertz CT molecular complexity index is 476. The summed E-state index contributed by atoms with van der Waals surface area (Å²) in [4.78, 5) is 10.5. The fourth-order valence-corrected chi connectivity index (χ4v) is 2.99. The van der Waals surface area contributed by atoms with Gasteiger partial charge in [-0.3, -0.25) is 10.1 Å². The molecule has 1 aromatic rings. The van der Waals surface area contributed by atoms with Crippen molar-refractivity contribution in [2.45, 2.75) is 32.1 Å². The van der Waals surface area contributed by atoms with Crippen molar-refractivity contribution >= 4 is 34.0 Å². The van der Waals surface area contributed by atoms with Crippen molar-refractivity contribution < 1.29 is 9.31 Å². The van der Waals surface area contributed by atoms with Gasteiger partial charge in [0.15, 0.2) is 0 Å². The molecule has 2 rings (SSSR count). The Balaban J connectivity index is 2.01. The topological polar surface area (TPSA) is 55.2 Å². The van der Waals surface area contributed by atoms with Crippen LogP contribution in [0.4, 0.5) is 15.8 Å². The maximum absolute atomic E-state index is 13.5. The second kappa shape index (κ2) is 6.49. The Morgan fingerprint density at radius 2 is 2.11 bits per heavy atom. The zero-order chi connectivity index (χ0) is 13.8. The Morgan fingerprint density at radius 1 is 1.42 bits per heavy atom. The van der Waals surface area contributed by atoms with Gasteiger partial charge in [0, 0.05) is 18.7 Å². The Kier molecular flexibility index (Phi) is 4.95. The molecule has 1 saturated carbocycles. The van der Waals surface area contributed by atoms with Gasteiger partial charge in [-0.25, -0.2) is 4.39 Å². The molecule has 104 valence electrons. The van der Waals surface area contributed by atoms with Crippen LogP contribution in [0.2, 0.25) is 0 Å². The van der Waals surface area contributed by atoms with Crippen molar-refractivity contribution in [2.24, 2.45) is 5.92 Å². The summed E-state index contributed by atoms with van der Waals surface area (Å²) in [6.45, 7) is 0.658. The second-order valence-electron chi connectivity index (χ2n) is 4.91. The number of benzene rings is 1. The molecular weight excluding hydrogens is 362 g/mol. The number of rotatable bonds is 5. The summed E-state index contributed by atoms with van der Waals surface area (Å²) >= 11 is 1.76. The number of anilines is 1. The molecule has 1 aromatic carbocycles. The fraction of sp³-hybridized carbons (Fsp3) is 0.538. The lowest BCUT2D eigenvalue weighted by Gasteiger charge is -2.11. The zero-order valence-electron chi connectivity index (χ0n) is 10.5. The quantitative estimate of drug-likeness (QED) is 0.472. The molecule has 1 aliphatic rings. The maximum atomic E-state index is 13.5. The third-order valence-electron chi connectivity index (χ3n) is 3.58. The standard InChI is InChI=1S/C13H16FIN2O2/c14-10-7-12(13(17(18)19)8-11(10)15)16-6-5-9-3-1-2-4-9/h7-9,16H,1-6H2. The molecule has 0 spiro atoms. The van der Waals surface area contributed by atoms with E-state index in [0.29, 0.717) is 12.5 Å². The Morgan fingerprint density at radius 3 is 2.74 bits per heavy atom. The van der Waals surface area contributed by atoms with Crippen molar-refractivity contribution in [3.8, 4) is 0 Å². The van der Waals surface area contributed by atoms with Gasteiger partial charge in [0.05, 0.1) is 8.49 Å². The molecule has 4 nitrogen and oxygen atoms in total. The summed E-state index contributed by atoms with van der Waals surface area (Å²) in [6.07, 6.45) is 6.03. The number of hydrogen-bond donors (Lipinski definition) is 1. The number of nitro groups is 1. The van der Waals surface area contributed by atoms with Gasteiger partial charge < -0.3 is 5.32 Å². The molecule has 6 heteroatoms. The van der Waals surface area contributed by atoms with E-state index < -0.39 is 10.7 Å². The van der Waals surface area contributed by atoms with E-state index in [-0.39, 0.29) is 14.9 Å². The summed E-state index contributed by atoms with van der Waals surface area (Å²) in [5, 5.41) is 13.9. The molecule has 1 aliphatic carbocycles. The monoisotopic (exact) mass is 378 g/mol. The highest BCUT2D eigenvalue weighted by molar-refractivity contribution is 14.1. The van der Waals surface area contributed by atoms with Crippen molar-refractivity contribution in [2.75, 3.05) is 11.9 Å². The summed E-state index contributed by atoms with van der Waals surface area (Å²) in [5.41, 5.74) is 0.220. The normalized spacial score (nSPS) is 15.7. The first-order chi connectivity index (χ1) is 9.08. The van der Waals surface area contributed by atoms with Crippen LogP contribution in [0.5, 0.6) is 0 Å². The largest absolute Gasteiger partial charge is 0.379 e. The first-order valence-electron chi connectivity index (χ1n) is 6.45. The van der Waals surface area contributed by atoms with Crippen LogP contribution in [0.3, 0.4) is 0 Å². The predicted octanol–water partition coefficient (Wildman–Crippen LogP) is 4.33. The molecule has 19 heavy (non-hydrogen) atoms. The van der Waals surface area contributed by atoms with E-state index in [9.17, 15) is 14.5 Å². The minimum absolute atomic E-state index is 0.0581. The average Bonchev–Trinajstić information content (AvgIpc) is 2.86. The zero-order valence-corrected chi connectivity index (χ0v) is 12.7. The summed E-state index contributed by atoms with van der Waals surface area (Å²) in [6, 6.07) is 2.49. The van der Waals surface area contributed by atoms with Crippen LogP contribution in [0.25, 0.3) is 0 Å². The number of nitro benzene ring substituents is 1. The van der Waals surface area contributed by atoms with Crippen molar-refractivity contribution in [1.29, 1.82) is 0 Å². The van der Waals surface area contributed by atoms with Gasteiger partial charge >= 0.3 is 0 Å². The van der Waals surface area contributed by atoms with Crippen LogP contribution in [-0.2, 0) is 0 Å². The minimum atomic E-state index is -0.473. The van der Waals surface area contributed by atoms with Crippen molar-refractivity contribution in [3.05, 3.63) is 31.6 Å². The van der Waals surface area contributed by atoms with E-state index in [2.05, 4.69) is 5.32 Å². The van der Waals surface area contributed by atoms with Gasteiger partial charge in [0.25, 0.3) is 5.69 Å². The van der Waals surface area contributed by atoms with Gasteiger partial charge in [-0.05, 0) is 34.9 Å². The Hall–Kier alpha value is -0.920. The number of hydrogen-bond acceptors (Lipinski definition) is 3. The third-order valence-corrected chi connectivity index (χ3v) is 4.40. The third kappa shape index (κ3) is 3.77. The SMILES string of the molecule is O=[N+]([O-])c1cc(I)c(F)cc1NCCC1CCCC1. The van der Waals surface area contributed by atoms with E-state index in [4.69, 9.17) is 0 Å². The molecular formula is C13H16FIN2O2. The molecule has 0 radical (unpaired) electrons. The first kappa shape index (κ1) is 14.5. The molecule has 0 bridgehead atoms. The Labute approximate surface area is 125 Å². The van der Waals surface area contributed by atoms with E-state index in [1.807, 2.05) is 0 Å². The summed E-state index contributed by atoms with van der Waals surface area (Å²) in [5.74, 6) is 0.287. The lowest BCUT2D eigenvalue weighted by Crippen LogP contribution is -2.08. The van der Waals surface area contributed by atoms with Crippen LogP contribution >= 0.6 is 22.6 Å². The molecule has 0 heterocycles. The van der Waals surface area contributed by atoms with Crippen LogP contribution in [0, 0.1) is 25.4 Å². The number of halogens is 2. The van der Waals surface area contributed by atoms with E-state index >= 15 is 0 Å². The molecule has 0 amide bonds. The predicted molar refractivity (Wildman–Crippen MR) is 80.8 cm³/mol. The van der Waals surface area contributed by atoms with Crippen LogP contribution in [0.1, 0.15) is 32.1 Å². The molecule has 0 atom stereocenters. The van der Waals surface area contributed by atoms with E-state index in [1.165, 1.54) is 37.8 Å². The van der Waals surface area contributed by atoms with Gasteiger partial charge in [-0.1, -0.05) is 25.7 Å². The molecule has 0 unspecified atom stereocenters. The van der Waals surface area contributed by atoms with Gasteiger partial charge in [0.2, 0.25) is 0 Å². The van der Waals surface area contributed by atoms with Crippen LogP contribution in [0.15, 0.2) is 12.1 Å². The molecule has 0 saturated heterocycles.